The Hall–Kier alpha value is -1.42. The first-order valence-electron chi connectivity index (χ1n) is 8.75. The molecule has 0 spiro atoms. The summed E-state index contributed by atoms with van der Waals surface area (Å²) in [5.41, 5.74) is 0. The first-order chi connectivity index (χ1) is 11.8. The summed E-state index contributed by atoms with van der Waals surface area (Å²) in [5, 5.41) is 20.5. The topological polar surface area (TPSA) is 93.0 Å². The van der Waals surface area contributed by atoms with Crippen LogP contribution >= 0.6 is 24.4 Å². The normalized spacial score (nSPS) is 19.7. The molecule has 0 saturated heterocycles. The van der Waals surface area contributed by atoms with Crippen molar-refractivity contribution in [1.82, 2.24) is 40.4 Å². The molecule has 0 atom stereocenters. The Morgan fingerprint density at radius 3 is 1.33 bits per heavy atom. The quantitative estimate of drug-likeness (QED) is 0.786. The number of H-pyrrole nitrogens is 2. The molecule has 0 aromatic carbocycles. The summed E-state index contributed by atoms with van der Waals surface area (Å²) < 4.78 is 4.99. The third-order valence-electron chi connectivity index (χ3n) is 4.87. The average Bonchev–Trinajstić information content (AvgIpc) is 3.25. The van der Waals surface area contributed by atoms with E-state index >= 15 is 0 Å². The highest BCUT2D eigenvalue weighted by molar-refractivity contribution is 7.71. The number of aromatic amines is 2. The van der Waals surface area contributed by atoms with Crippen LogP contribution in [-0.2, 0) is 0 Å². The van der Waals surface area contributed by atoms with E-state index in [-0.39, 0.29) is 0 Å². The second-order valence-electron chi connectivity index (χ2n) is 6.49. The molecule has 2 aliphatic rings. The van der Waals surface area contributed by atoms with Gasteiger partial charge in [0.2, 0.25) is 9.54 Å². The van der Waals surface area contributed by atoms with Crippen molar-refractivity contribution in [3.05, 3.63) is 9.54 Å². The molecule has 24 heavy (non-hydrogen) atoms. The Balaban J connectivity index is 0.000000141. The van der Waals surface area contributed by atoms with Gasteiger partial charge in [0.05, 0.1) is 12.1 Å². The number of tetrazole rings is 2. The molecule has 2 aromatic heterocycles. The summed E-state index contributed by atoms with van der Waals surface area (Å²) in [6.07, 6.45) is 12.7. The molecule has 4 rings (SSSR count). The Bertz CT molecular complexity index is 655. The standard InChI is InChI=1S/2C7H12N4S/c2*12-7-8-9-10-11(7)6-4-2-1-3-5-6/h2*6H,1-5H2,(H,8,10,12). The van der Waals surface area contributed by atoms with E-state index in [0.717, 1.165) is 0 Å². The minimum Gasteiger partial charge on any atom is -0.239 e. The van der Waals surface area contributed by atoms with Crippen molar-refractivity contribution in [3.8, 4) is 0 Å². The van der Waals surface area contributed by atoms with Crippen molar-refractivity contribution in [2.24, 2.45) is 0 Å². The van der Waals surface area contributed by atoms with Gasteiger partial charge in [-0.05, 0) is 50.1 Å². The van der Waals surface area contributed by atoms with Crippen LogP contribution in [0.2, 0.25) is 0 Å². The van der Waals surface area contributed by atoms with Crippen LogP contribution in [0, 0.1) is 9.54 Å². The van der Waals surface area contributed by atoms with Crippen molar-refractivity contribution in [2.75, 3.05) is 0 Å². The number of rotatable bonds is 2. The van der Waals surface area contributed by atoms with Crippen molar-refractivity contribution in [1.29, 1.82) is 0 Å². The van der Waals surface area contributed by atoms with E-state index in [4.69, 9.17) is 24.4 Å². The van der Waals surface area contributed by atoms with Gasteiger partial charge in [0.25, 0.3) is 0 Å². The van der Waals surface area contributed by atoms with Crippen molar-refractivity contribution in [2.45, 2.75) is 76.3 Å². The SMILES string of the molecule is S=c1nn[nH]n1C1CCCCC1.S=c1nn[nH]n1C1CCCCC1. The minimum atomic E-state index is 0.515. The predicted molar refractivity (Wildman–Crippen MR) is 94.7 cm³/mol. The third-order valence-corrected chi connectivity index (χ3v) is 5.42. The zero-order valence-electron chi connectivity index (χ0n) is 13.7. The fourth-order valence-corrected chi connectivity index (χ4v) is 4.02. The molecule has 2 saturated carbocycles. The predicted octanol–water partition coefficient (Wildman–Crippen LogP) is 3.68. The van der Waals surface area contributed by atoms with E-state index in [0.29, 0.717) is 21.6 Å². The highest BCUT2D eigenvalue weighted by atomic mass is 32.1. The molecule has 2 aliphatic carbocycles. The van der Waals surface area contributed by atoms with Crippen LogP contribution in [0.15, 0.2) is 0 Å². The monoisotopic (exact) mass is 368 g/mol. The summed E-state index contributed by atoms with van der Waals surface area (Å²) in [7, 11) is 0. The summed E-state index contributed by atoms with van der Waals surface area (Å²) in [6, 6.07) is 1.03. The van der Waals surface area contributed by atoms with Crippen LogP contribution in [0.3, 0.4) is 0 Å². The van der Waals surface area contributed by atoms with Gasteiger partial charge in [-0.15, -0.1) is 0 Å². The Labute approximate surface area is 151 Å². The second kappa shape index (κ2) is 8.61. The van der Waals surface area contributed by atoms with Crippen LogP contribution in [0.1, 0.15) is 76.3 Å². The second-order valence-corrected chi connectivity index (χ2v) is 7.22. The van der Waals surface area contributed by atoms with Crippen LogP contribution in [0.4, 0.5) is 0 Å². The van der Waals surface area contributed by atoms with E-state index < -0.39 is 0 Å². The lowest BCUT2D eigenvalue weighted by Crippen LogP contribution is -2.14. The first kappa shape index (κ1) is 17.4. The van der Waals surface area contributed by atoms with Gasteiger partial charge in [-0.2, -0.15) is 10.4 Å². The molecule has 2 N–H and O–H groups in total. The van der Waals surface area contributed by atoms with Gasteiger partial charge in [0.1, 0.15) is 0 Å². The molecule has 0 unspecified atom stereocenters. The van der Waals surface area contributed by atoms with Gasteiger partial charge >= 0.3 is 0 Å². The smallest absolute Gasteiger partial charge is 0.238 e. The Morgan fingerprint density at radius 1 is 0.667 bits per heavy atom. The first-order valence-corrected chi connectivity index (χ1v) is 9.56. The highest BCUT2D eigenvalue weighted by Gasteiger charge is 2.17. The maximum atomic E-state index is 5.02. The highest BCUT2D eigenvalue weighted by Crippen LogP contribution is 2.27. The zero-order valence-corrected chi connectivity index (χ0v) is 15.4. The minimum absolute atomic E-state index is 0.515. The summed E-state index contributed by atoms with van der Waals surface area (Å²) in [5.74, 6) is 0. The fraction of sp³-hybridized carbons (Fsp3) is 0.857. The van der Waals surface area contributed by atoms with Crippen molar-refractivity contribution >= 4 is 24.4 Å². The molecular weight excluding hydrogens is 344 g/mol. The molecule has 0 bridgehead atoms. The van der Waals surface area contributed by atoms with E-state index in [1.807, 2.05) is 9.36 Å². The Kier molecular flexibility index (Phi) is 6.24. The van der Waals surface area contributed by atoms with Crippen molar-refractivity contribution < 1.29 is 0 Å². The molecule has 132 valence electrons. The maximum Gasteiger partial charge on any atom is 0.238 e. The average molecular weight is 369 g/mol. The summed E-state index contributed by atoms with van der Waals surface area (Å²) >= 11 is 10.0. The number of hydrogen-bond acceptors (Lipinski definition) is 6. The molecule has 2 fully saturated rings. The molecule has 2 heterocycles. The van der Waals surface area contributed by atoms with Crippen LogP contribution < -0.4 is 0 Å². The summed E-state index contributed by atoms with van der Waals surface area (Å²) in [6.45, 7) is 0. The van der Waals surface area contributed by atoms with E-state index in [9.17, 15) is 0 Å². The largest absolute Gasteiger partial charge is 0.239 e. The van der Waals surface area contributed by atoms with Crippen LogP contribution in [0.25, 0.3) is 0 Å². The summed E-state index contributed by atoms with van der Waals surface area (Å²) in [4.78, 5) is 0. The zero-order chi connectivity index (χ0) is 16.8. The Morgan fingerprint density at radius 2 is 1.04 bits per heavy atom. The number of nitrogens with zero attached hydrogens (tertiary/aromatic N) is 6. The van der Waals surface area contributed by atoms with Gasteiger partial charge in [-0.3, -0.25) is 0 Å². The van der Waals surface area contributed by atoms with Gasteiger partial charge in [-0.25, -0.2) is 9.36 Å². The molecule has 8 nitrogen and oxygen atoms in total. The third kappa shape index (κ3) is 4.35. The lowest BCUT2D eigenvalue weighted by Gasteiger charge is -2.21. The fourth-order valence-electron chi connectivity index (χ4n) is 3.56. The number of nitrogens with one attached hydrogen (secondary N) is 2. The number of hydrogen-bond donors (Lipinski definition) is 2. The van der Waals surface area contributed by atoms with Gasteiger partial charge in [0.15, 0.2) is 0 Å². The van der Waals surface area contributed by atoms with E-state index in [1.165, 1.54) is 64.2 Å². The molecule has 10 heteroatoms. The molecular formula is C14H24N8S2. The molecule has 0 radical (unpaired) electrons. The lowest BCUT2D eigenvalue weighted by atomic mass is 9.96. The lowest BCUT2D eigenvalue weighted by molar-refractivity contribution is 0.321. The maximum absolute atomic E-state index is 5.02. The molecule has 2 aromatic rings. The molecule has 0 amide bonds. The molecule has 0 aliphatic heterocycles. The van der Waals surface area contributed by atoms with Gasteiger partial charge in [0, 0.05) is 0 Å². The van der Waals surface area contributed by atoms with Crippen molar-refractivity contribution in [3.63, 3.8) is 0 Å². The van der Waals surface area contributed by atoms with Crippen LogP contribution in [-0.4, -0.2) is 40.4 Å². The van der Waals surface area contributed by atoms with E-state index in [2.05, 4.69) is 31.1 Å². The van der Waals surface area contributed by atoms with E-state index in [1.54, 1.807) is 0 Å². The van der Waals surface area contributed by atoms with Crippen LogP contribution in [0.5, 0.6) is 0 Å². The van der Waals surface area contributed by atoms with Gasteiger partial charge in [-0.1, -0.05) is 59.1 Å². The van der Waals surface area contributed by atoms with Gasteiger partial charge < -0.3 is 0 Å². The number of aromatic nitrogens is 8.